The van der Waals surface area contributed by atoms with Gasteiger partial charge in [0.2, 0.25) is 0 Å². The lowest BCUT2D eigenvalue weighted by Gasteiger charge is -1.77. The SMILES string of the molecule is CS(=O)(=O)BI. The van der Waals surface area contributed by atoms with Crippen LogP contribution in [0.5, 0.6) is 0 Å². The van der Waals surface area contributed by atoms with Gasteiger partial charge in [0.25, 0.3) is 0 Å². The molecule has 0 atom stereocenters. The lowest BCUT2D eigenvalue weighted by Crippen LogP contribution is -1.98. The van der Waals surface area contributed by atoms with Crippen molar-refractivity contribution in [2.24, 2.45) is 0 Å². The van der Waals surface area contributed by atoms with Gasteiger partial charge in [0, 0.05) is 6.26 Å². The van der Waals surface area contributed by atoms with Crippen molar-refractivity contribution in [3.63, 3.8) is 0 Å². The normalized spacial score (nSPS) is 11.0. The summed E-state index contributed by atoms with van der Waals surface area (Å²) in [6, 6.07) is 0. The van der Waals surface area contributed by atoms with Gasteiger partial charge in [0.1, 0.15) is 9.69 Å². The number of halogens is 1. The second-order valence-corrected chi connectivity index (χ2v) is 4.97. The fourth-order valence-corrected chi connectivity index (χ4v) is 0. The monoisotopic (exact) mass is 218 g/mol. The third kappa shape index (κ3) is 4.74. The molecule has 0 amide bonds. The van der Waals surface area contributed by atoms with E-state index in [1.807, 2.05) is 0 Å². The molecule has 36 valence electrons. The van der Waals surface area contributed by atoms with Crippen LogP contribution >= 0.6 is 22.4 Å². The molecule has 0 radical (unpaired) electrons. The molecule has 0 aromatic rings. The van der Waals surface area contributed by atoms with Gasteiger partial charge in [0.05, 0.1) is 0 Å². The molecule has 0 rings (SSSR count). The molecule has 5 heteroatoms. The average Bonchev–Trinajstić information content (AvgIpc) is 1.35. The van der Waals surface area contributed by atoms with Crippen LogP contribution in [0, 0.1) is 0 Å². The molecule has 0 saturated carbocycles. The molecule has 0 unspecified atom stereocenters. The Kier molecular flexibility index (Phi) is 2.42. The summed E-state index contributed by atoms with van der Waals surface area (Å²) < 4.78 is 20.2. The van der Waals surface area contributed by atoms with Gasteiger partial charge in [-0.2, -0.15) is 0 Å². The first-order valence-electron chi connectivity index (χ1n) is 1.30. The van der Waals surface area contributed by atoms with Crippen molar-refractivity contribution in [1.82, 2.24) is 0 Å². The number of rotatable bonds is 1. The first-order chi connectivity index (χ1) is 2.56. The fourth-order valence-electron chi connectivity index (χ4n) is 0. The van der Waals surface area contributed by atoms with Crippen LogP contribution in [-0.4, -0.2) is 19.1 Å². The zero-order valence-corrected chi connectivity index (χ0v) is 6.28. The van der Waals surface area contributed by atoms with E-state index < -0.39 is 9.69 Å². The van der Waals surface area contributed by atoms with Gasteiger partial charge in [-0.25, -0.2) is 8.42 Å². The molecule has 0 aliphatic heterocycles. The zero-order chi connectivity index (χ0) is 5.21. The molecule has 0 bridgehead atoms. The van der Waals surface area contributed by atoms with E-state index in [0.29, 0.717) is 0 Å². The Balaban J connectivity index is 3.85. The van der Waals surface area contributed by atoms with E-state index >= 15 is 0 Å². The summed E-state index contributed by atoms with van der Waals surface area (Å²) in [6.45, 7) is 0. The minimum atomic E-state index is -2.68. The van der Waals surface area contributed by atoms with Gasteiger partial charge >= 0.3 is 4.41 Å². The molecule has 0 aliphatic rings. The van der Waals surface area contributed by atoms with Crippen LogP contribution in [0.3, 0.4) is 0 Å². The van der Waals surface area contributed by atoms with E-state index in [1.165, 1.54) is 6.26 Å². The molecule has 6 heavy (non-hydrogen) atoms. The summed E-state index contributed by atoms with van der Waals surface area (Å²) in [6.07, 6.45) is 1.21. The Hall–Kier alpha value is 0.745. The van der Waals surface area contributed by atoms with Crippen LogP contribution < -0.4 is 0 Å². The maximum Gasteiger partial charge on any atom is 0.344 e. The Morgan fingerprint density at radius 2 is 1.83 bits per heavy atom. The molecular formula is CH4BIO2S. The quantitative estimate of drug-likeness (QED) is 0.448. The predicted octanol–water partition coefficient (Wildman–Crippen LogP) is -0.267. The highest BCUT2D eigenvalue weighted by Gasteiger charge is 1.96. The molecule has 0 saturated heterocycles. The van der Waals surface area contributed by atoms with Gasteiger partial charge in [-0.3, -0.25) is 0 Å². The second-order valence-electron chi connectivity index (χ2n) is 1.03. The molecule has 0 aromatic heterocycles. The summed E-state index contributed by atoms with van der Waals surface area (Å²) in [5.41, 5.74) is 0. The third-order valence-electron chi connectivity index (χ3n) is 0.198. The summed E-state index contributed by atoms with van der Waals surface area (Å²) in [7, 11) is -2.68. The highest BCUT2D eigenvalue weighted by atomic mass is 127. The van der Waals surface area contributed by atoms with E-state index in [-0.39, 0.29) is 4.41 Å². The minimum absolute atomic E-state index is 0.213. The lowest BCUT2D eigenvalue weighted by atomic mass is 10.8. The first-order valence-corrected chi connectivity index (χ1v) is 4.88. The fraction of sp³-hybridized carbons (Fsp3) is 1.00. The summed E-state index contributed by atoms with van der Waals surface area (Å²) in [5, 5.41) is 0. The minimum Gasteiger partial charge on any atom is -0.241 e. The van der Waals surface area contributed by atoms with Crippen LogP contribution in [0.4, 0.5) is 0 Å². The van der Waals surface area contributed by atoms with Crippen molar-refractivity contribution in [2.45, 2.75) is 0 Å². The molecule has 2 nitrogen and oxygen atoms in total. The molecule has 0 spiro atoms. The van der Waals surface area contributed by atoms with Crippen molar-refractivity contribution < 1.29 is 8.42 Å². The maximum absolute atomic E-state index is 9.99. The Bertz CT molecular complexity index is 116. The highest BCUT2D eigenvalue weighted by molar-refractivity contribution is 14.1. The van der Waals surface area contributed by atoms with Crippen LogP contribution in [0.1, 0.15) is 0 Å². The maximum atomic E-state index is 9.99. The molecule has 0 aliphatic carbocycles. The Morgan fingerprint density at radius 1 is 1.67 bits per heavy atom. The van der Waals surface area contributed by atoms with Gasteiger partial charge in [-0.15, -0.1) is 22.4 Å². The Morgan fingerprint density at radius 3 is 1.83 bits per heavy atom. The topological polar surface area (TPSA) is 34.1 Å². The molecule has 0 N–H and O–H groups in total. The van der Waals surface area contributed by atoms with Gasteiger partial charge in [-0.1, -0.05) is 0 Å². The van der Waals surface area contributed by atoms with E-state index in [4.69, 9.17) is 0 Å². The van der Waals surface area contributed by atoms with Gasteiger partial charge in [0.15, 0.2) is 0 Å². The number of hydrogen-bond donors (Lipinski definition) is 0. The molecule has 0 heterocycles. The third-order valence-corrected chi connectivity index (χ3v) is 3.99. The average molecular weight is 218 g/mol. The first kappa shape index (κ1) is 6.74. The number of hydrogen-bond acceptors (Lipinski definition) is 2. The van der Waals surface area contributed by atoms with E-state index in [2.05, 4.69) is 0 Å². The van der Waals surface area contributed by atoms with Gasteiger partial charge in [-0.05, 0) is 0 Å². The van der Waals surface area contributed by atoms with Gasteiger partial charge < -0.3 is 0 Å². The van der Waals surface area contributed by atoms with Crippen LogP contribution in [-0.2, 0) is 9.69 Å². The smallest absolute Gasteiger partial charge is 0.241 e. The molecular weight excluding hydrogens is 214 g/mol. The van der Waals surface area contributed by atoms with Crippen molar-refractivity contribution in [2.75, 3.05) is 6.26 Å². The van der Waals surface area contributed by atoms with Crippen molar-refractivity contribution in [1.29, 1.82) is 0 Å². The van der Waals surface area contributed by atoms with Crippen molar-refractivity contribution in [3.8, 4) is 0 Å². The largest absolute Gasteiger partial charge is 0.344 e. The van der Waals surface area contributed by atoms with Crippen LogP contribution in [0.25, 0.3) is 0 Å². The summed E-state index contributed by atoms with van der Waals surface area (Å²) in [5.74, 6) is 0. The second kappa shape index (κ2) is 2.16. The zero-order valence-electron chi connectivity index (χ0n) is 3.31. The van der Waals surface area contributed by atoms with E-state index in [9.17, 15) is 8.42 Å². The van der Waals surface area contributed by atoms with Crippen molar-refractivity contribution in [3.05, 3.63) is 0 Å². The van der Waals surface area contributed by atoms with E-state index in [0.717, 1.165) is 0 Å². The van der Waals surface area contributed by atoms with E-state index in [1.54, 1.807) is 22.4 Å². The highest BCUT2D eigenvalue weighted by Crippen LogP contribution is 1.83. The van der Waals surface area contributed by atoms with Crippen LogP contribution in [0.15, 0.2) is 0 Å². The lowest BCUT2D eigenvalue weighted by molar-refractivity contribution is 0.614. The summed E-state index contributed by atoms with van der Waals surface area (Å²) >= 11 is 1.81. The van der Waals surface area contributed by atoms with Crippen LogP contribution in [0.2, 0.25) is 0 Å². The standard InChI is InChI=1S/CH4BIO2S/c1-6(4,5)2-3/h2H,1H3. The predicted molar refractivity (Wildman–Crippen MR) is 36.0 cm³/mol. The van der Waals surface area contributed by atoms with Crippen molar-refractivity contribution >= 4 is 36.5 Å². The molecule has 0 fully saturated rings. The molecule has 0 aromatic carbocycles. The summed E-state index contributed by atoms with van der Waals surface area (Å²) in [4.78, 5) is 0. The Labute approximate surface area is 51.2 Å².